The second-order valence-electron chi connectivity index (χ2n) is 13.0. The van der Waals surface area contributed by atoms with E-state index in [0.717, 1.165) is 47.1 Å². The molecule has 6 aromatic carbocycles. The minimum atomic E-state index is -5.07. The smallest absolute Gasteiger partial charge is 0.339 e. The molecular weight excluding hydrogens is 857 g/mol. The molecule has 8 N–H and O–H groups in total. The third-order valence-corrected chi connectivity index (χ3v) is 10.8. The topological polar surface area (TPSA) is 356 Å². The Morgan fingerprint density at radius 2 is 1.19 bits per heavy atom. The molecule has 62 heavy (non-hydrogen) atoms. The summed E-state index contributed by atoms with van der Waals surface area (Å²) in [6.45, 7) is 1.47. The minimum absolute atomic E-state index is 0.00835. The lowest BCUT2D eigenvalue weighted by atomic mass is 10.1. The maximum absolute atomic E-state index is 13.5. The molecule has 0 aliphatic rings. The lowest BCUT2D eigenvalue weighted by molar-refractivity contribution is 0.0684. The van der Waals surface area contributed by atoms with Gasteiger partial charge in [0.25, 0.3) is 25.8 Å². The molecule has 0 aliphatic heterocycles. The number of carbonyl (C=O) groups is 2. The number of carboxylic acid groups (broad SMARTS) is 2. The number of aromatic nitrogens is 2. The van der Waals surface area contributed by atoms with Crippen molar-refractivity contribution in [2.45, 2.75) is 16.7 Å². The number of benzene rings is 6. The van der Waals surface area contributed by atoms with Gasteiger partial charge in [-0.1, -0.05) is 18.2 Å². The van der Waals surface area contributed by atoms with Crippen LogP contribution in [-0.4, -0.2) is 73.2 Å². The summed E-state index contributed by atoms with van der Waals surface area (Å²) in [6, 6.07) is 17.4. The lowest BCUT2D eigenvalue weighted by Gasteiger charge is -2.12. The number of hydrogen-bond acceptors (Lipinski definition) is 16. The number of carboxylic acids is 2. The van der Waals surface area contributed by atoms with Crippen LogP contribution in [0.1, 0.15) is 26.4 Å². The van der Waals surface area contributed by atoms with Gasteiger partial charge in [-0.15, -0.1) is 25.6 Å². The molecule has 0 bridgehead atoms. The predicted octanol–water partition coefficient (Wildman–Crippen LogP) is 8.03. The zero-order valence-corrected chi connectivity index (χ0v) is 32.7. The van der Waals surface area contributed by atoms with E-state index in [9.17, 15) is 65.9 Å². The highest BCUT2D eigenvalue weighted by Gasteiger charge is 2.23. The molecule has 0 atom stereocenters. The third-order valence-electron chi connectivity index (χ3n) is 9.07. The zero-order valence-electron chi connectivity index (χ0n) is 31.1. The van der Waals surface area contributed by atoms with Gasteiger partial charge in [0.15, 0.2) is 5.69 Å². The summed E-state index contributed by atoms with van der Waals surface area (Å²) >= 11 is 0. The van der Waals surface area contributed by atoms with Gasteiger partial charge in [0.2, 0.25) is 0 Å². The molecule has 0 fully saturated rings. The number of hydrogen-bond donors (Lipinski definition) is 8. The third kappa shape index (κ3) is 8.06. The second kappa shape index (κ2) is 15.8. The van der Waals surface area contributed by atoms with E-state index in [2.05, 4.69) is 35.8 Å². The van der Waals surface area contributed by atoms with E-state index in [1.807, 2.05) is 0 Å². The molecule has 7 aromatic rings. The van der Waals surface area contributed by atoms with E-state index in [0.29, 0.717) is 6.07 Å². The van der Waals surface area contributed by atoms with Crippen LogP contribution in [0.15, 0.2) is 136 Å². The number of aryl methyl sites for hydroxylation is 1. The molecule has 0 unspecified atom stereocenters. The largest absolute Gasteiger partial charge is 0.507 e. The SMILES string of the molecule is Cc1[nH]n(-c2ccc3c(N=Nc4c(O)cc(N=Nc5ccc(O)c(C(=O)O)c5)c5cc(S(=O)(=O)O)ccc45)c(O)cc(S(=O)(=O)O)c3c2)c(=O)c1N=Nc1ccccc1C(=O)O. The molecule has 0 saturated carbocycles. The molecule has 0 amide bonds. The van der Waals surface area contributed by atoms with Gasteiger partial charge >= 0.3 is 11.9 Å². The van der Waals surface area contributed by atoms with Crippen LogP contribution in [0, 0.1) is 6.92 Å². The van der Waals surface area contributed by atoms with E-state index in [1.165, 1.54) is 49.4 Å². The van der Waals surface area contributed by atoms with Crippen LogP contribution in [0.2, 0.25) is 0 Å². The van der Waals surface area contributed by atoms with Crippen molar-refractivity contribution >= 4 is 87.8 Å². The molecule has 1 heterocycles. The fourth-order valence-corrected chi connectivity index (χ4v) is 7.38. The fraction of sp³-hybridized carbons (Fsp3) is 0.0263. The van der Waals surface area contributed by atoms with Gasteiger partial charge < -0.3 is 25.5 Å². The van der Waals surface area contributed by atoms with Gasteiger partial charge in [0.05, 0.1) is 33.2 Å². The number of aromatic amines is 1. The first-order valence-electron chi connectivity index (χ1n) is 17.2. The molecule has 24 heteroatoms. The van der Waals surface area contributed by atoms with Gasteiger partial charge in [-0.2, -0.15) is 21.9 Å². The van der Waals surface area contributed by atoms with Crippen molar-refractivity contribution in [3.05, 3.63) is 118 Å². The van der Waals surface area contributed by atoms with Crippen molar-refractivity contribution in [2.75, 3.05) is 0 Å². The summed E-state index contributed by atoms with van der Waals surface area (Å²) in [7, 11) is -9.88. The molecule has 1 aromatic heterocycles. The molecular formula is C38H26N8O14S2. The van der Waals surface area contributed by atoms with E-state index in [1.54, 1.807) is 0 Å². The van der Waals surface area contributed by atoms with Gasteiger partial charge in [0, 0.05) is 33.7 Å². The van der Waals surface area contributed by atoms with E-state index < -0.39 is 76.0 Å². The molecule has 0 radical (unpaired) electrons. The Balaban J connectivity index is 1.34. The Morgan fingerprint density at radius 1 is 0.581 bits per heavy atom. The first kappa shape index (κ1) is 42.0. The highest BCUT2D eigenvalue weighted by molar-refractivity contribution is 7.86. The maximum atomic E-state index is 13.5. The van der Waals surface area contributed by atoms with Crippen molar-refractivity contribution in [1.82, 2.24) is 9.78 Å². The maximum Gasteiger partial charge on any atom is 0.339 e. The molecule has 0 saturated heterocycles. The fourth-order valence-electron chi connectivity index (χ4n) is 6.16. The van der Waals surface area contributed by atoms with E-state index >= 15 is 0 Å². The Labute approximate surface area is 346 Å². The summed E-state index contributed by atoms with van der Waals surface area (Å²) in [4.78, 5) is 35.2. The molecule has 0 spiro atoms. The van der Waals surface area contributed by atoms with Crippen molar-refractivity contribution in [3.63, 3.8) is 0 Å². The Kier molecular flexibility index (Phi) is 10.7. The first-order chi connectivity index (χ1) is 29.2. The van der Waals surface area contributed by atoms with Crippen LogP contribution in [0.4, 0.5) is 34.1 Å². The normalized spacial score (nSPS) is 12.4. The number of fused-ring (bicyclic) bond motifs is 2. The lowest BCUT2D eigenvalue weighted by Crippen LogP contribution is -2.14. The Morgan fingerprint density at radius 3 is 1.85 bits per heavy atom. The second-order valence-corrected chi connectivity index (χ2v) is 15.9. The number of H-pyrrole nitrogens is 1. The number of aromatic hydroxyl groups is 3. The molecule has 314 valence electrons. The van der Waals surface area contributed by atoms with Crippen LogP contribution < -0.4 is 5.56 Å². The number of phenolic OH excluding ortho intramolecular Hbond substituents is 2. The zero-order chi connectivity index (χ0) is 44.8. The average molecular weight is 883 g/mol. The molecule has 7 rings (SSSR count). The predicted molar refractivity (Wildman–Crippen MR) is 217 cm³/mol. The van der Waals surface area contributed by atoms with Crippen molar-refractivity contribution in [2.24, 2.45) is 30.7 Å². The Hall–Kier alpha value is -8.19. The molecule has 0 aliphatic carbocycles. The Bertz CT molecular complexity index is 3450. The van der Waals surface area contributed by atoms with Crippen LogP contribution in [0.25, 0.3) is 27.2 Å². The number of nitrogens with zero attached hydrogens (tertiary/aromatic N) is 7. The molecule has 22 nitrogen and oxygen atoms in total. The van der Waals surface area contributed by atoms with Crippen molar-refractivity contribution in [1.29, 1.82) is 0 Å². The summed E-state index contributed by atoms with van der Waals surface area (Å²) < 4.78 is 70.2. The number of azo groups is 3. The van der Waals surface area contributed by atoms with E-state index in [4.69, 9.17) is 0 Å². The monoisotopic (exact) mass is 882 g/mol. The minimum Gasteiger partial charge on any atom is -0.507 e. The van der Waals surface area contributed by atoms with Crippen molar-refractivity contribution in [3.8, 4) is 22.9 Å². The summed E-state index contributed by atoms with van der Waals surface area (Å²) in [6.07, 6.45) is 0. The summed E-state index contributed by atoms with van der Waals surface area (Å²) in [5.41, 5.74) is -2.61. The number of phenols is 3. The number of rotatable bonds is 11. The summed E-state index contributed by atoms with van der Waals surface area (Å²) in [5, 5.41) is 77.0. The van der Waals surface area contributed by atoms with Gasteiger partial charge in [0.1, 0.15) is 44.8 Å². The van der Waals surface area contributed by atoms with Crippen LogP contribution >= 0.6 is 0 Å². The number of nitrogens with one attached hydrogen (secondary N) is 1. The summed E-state index contributed by atoms with van der Waals surface area (Å²) in [5.74, 6) is -4.77. The number of aromatic carboxylic acids is 2. The van der Waals surface area contributed by atoms with Crippen molar-refractivity contribution < 1.29 is 61.1 Å². The standard InChI is InChI=1S/C38H26N8O14S2/c1-17-33(42-40-27-5-3-2-4-23(27)37(51)52)36(50)46(45-17)19-7-9-22-25(13-19)32(62(58,59)60)16-31(49)35(22)44-43-34-21-10-8-20(61(55,56)57)14-24(21)28(15-30(34)48)41-39-18-6-11-29(47)26(12-18)38(53)54/h2-16,45,47-49H,1H3,(H,51,52)(H,53,54)(H,55,56,57)(H,58,59,60). The van der Waals surface area contributed by atoms with Crippen LogP contribution in [0.5, 0.6) is 17.2 Å². The van der Waals surface area contributed by atoms with Crippen LogP contribution in [-0.2, 0) is 20.2 Å². The van der Waals surface area contributed by atoms with E-state index in [-0.39, 0.29) is 66.9 Å². The highest BCUT2D eigenvalue weighted by Crippen LogP contribution is 2.45. The van der Waals surface area contributed by atoms with Gasteiger partial charge in [-0.3, -0.25) is 19.0 Å². The van der Waals surface area contributed by atoms with Crippen LogP contribution in [0.3, 0.4) is 0 Å². The average Bonchev–Trinajstić information content (AvgIpc) is 3.50. The van der Waals surface area contributed by atoms with Gasteiger partial charge in [-0.25, -0.2) is 14.3 Å². The van der Waals surface area contributed by atoms with Gasteiger partial charge in [-0.05, 0) is 67.6 Å². The highest BCUT2D eigenvalue weighted by atomic mass is 32.2. The first-order valence-corrected chi connectivity index (χ1v) is 20.1. The quantitative estimate of drug-likeness (QED) is 0.0450.